The second-order valence-electron chi connectivity index (χ2n) is 9.67. The van der Waals surface area contributed by atoms with Gasteiger partial charge in [-0.2, -0.15) is 9.97 Å². The number of imidazole rings is 2. The minimum absolute atomic E-state index is 0.00736. The Balaban J connectivity index is 0.000000236. The van der Waals surface area contributed by atoms with Crippen LogP contribution in [0.25, 0.3) is 22.3 Å². The molecule has 0 amide bonds. The monoisotopic (exact) mass is 604 g/mol. The molecule has 4 heterocycles. The molecule has 4 aromatic rings. The molecule has 0 unspecified atom stereocenters. The van der Waals surface area contributed by atoms with Crippen molar-refractivity contribution >= 4 is 46.2 Å². The maximum Gasteiger partial charge on any atom is 0.302 e. The third-order valence-corrected chi connectivity index (χ3v) is 6.21. The number of aliphatic hydroxyl groups is 1. The number of anilines is 2. The first kappa shape index (κ1) is 32.7. The summed E-state index contributed by atoms with van der Waals surface area (Å²) in [6.45, 7) is 4.52. The number of carbonyl (C=O) groups excluding carboxylic acids is 2. The van der Waals surface area contributed by atoms with E-state index in [-0.39, 0.29) is 72.1 Å². The lowest BCUT2D eigenvalue weighted by Gasteiger charge is -2.17. The lowest BCUT2D eigenvalue weighted by atomic mass is 10.1. The van der Waals surface area contributed by atoms with E-state index in [0.717, 1.165) is 0 Å². The van der Waals surface area contributed by atoms with Gasteiger partial charge in [0.25, 0.3) is 11.1 Å². The summed E-state index contributed by atoms with van der Waals surface area (Å²) in [5.41, 5.74) is 11.5. The maximum absolute atomic E-state index is 11.7. The number of hydrogen-bond donors (Lipinski definition) is 5. The van der Waals surface area contributed by atoms with Crippen molar-refractivity contribution in [3.63, 3.8) is 0 Å². The van der Waals surface area contributed by atoms with Crippen molar-refractivity contribution in [2.75, 3.05) is 45.0 Å². The van der Waals surface area contributed by atoms with Crippen LogP contribution in [0.15, 0.2) is 22.2 Å². The molecule has 0 aromatic carbocycles. The van der Waals surface area contributed by atoms with Gasteiger partial charge in [-0.1, -0.05) is 0 Å². The summed E-state index contributed by atoms with van der Waals surface area (Å²) in [7, 11) is 1.61. The van der Waals surface area contributed by atoms with E-state index < -0.39 is 5.56 Å². The van der Waals surface area contributed by atoms with Crippen LogP contribution in [0.5, 0.6) is 0 Å². The van der Waals surface area contributed by atoms with Gasteiger partial charge >= 0.3 is 11.9 Å². The summed E-state index contributed by atoms with van der Waals surface area (Å²) in [5, 5.41) is 9.08. The molecule has 0 radical (unpaired) electrons. The minimum Gasteiger partial charge on any atom is -0.466 e. The first-order chi connectivity index (χ1) is 20.5. The summed E-state index contributed by atoms with van der Waals surface area (Å²) < 4.78 is 18.5. The van der Waals surface area contributed by atoms with Crippen LogP contribution in [0.2, 0.25) is 0 Å². The standard InChI is InChI=1S/C13H19N5O4.C12H17N5O4/c1-8(19)22-6-9(3-4-21-2)5-18-7-15-10-11(18)16-13(14)17-12(10)20;1-7(19)21-5-8(2-3-18)4-17-6-14-9-10(17)15-12(13)16-11(9)20/h7,9H,3-6H2,1-2H3,(H3,14,16,17,20);6,8,18H,2-5H2,1H3,(H3,13,15,16,20)/t9-;8-/m11/s1. The van der Waals surface area contributed by atoms with Crippen LogP contribution < -0.4 is 22.6 Å². The summed E-state index contributed by atoms with van der Waals surface area (Å²) >= 11 is 0. The van der Waals surface area contributed by atoms with Gasteiger partial charge in [0.1, 0.15) is 0 Å². The largest absolute Gasteiger partial charge is 0.466 e. The summed E-state index contributed by atoms with van der Waals surface area (Å²) in [5.74, 6) is -0.772. The fraction of sp³-hybridized carbons (Fsp3) is 0.520. The number of methoxy groups -OCH3 is 1. The van der Waals surface area contributed by atoms with Gasteiger partial charge in [0.2, 0.25) is 11.9 Å². The lowest BCUT2D eigenvalue weighted by molar-refractivity contribution is -0.143. The van der Waals surface area contributed by atoms with Gasteiger partial charge in [-0.3, -0.25) is 29.1 Å². The Labute approximate surface area is 244 Å². The van der Waals surface area contributed by atoms with Gasteiger partial charge < -0.3 is 39.9 Å². The van der Waals surface area contributed by atoms with Crippen molar-refractivity contribution < 1.29 is 28.9 Å². The molecule has 4 rings (SSSR count). The van der Waals surface area contributed by atoms with Crippen molar-refractivity contribution in [1.82, 2.24) is 39.0 Å². The number of ether oxygens (including phenoxy) is 3. The molecule has 0 spiro atoms. The number of H-pyrrole nitrogens is 2. The van der Waals surface area contributed by atoms with Crippen LogP contribution in [0.1, 0.15) is 26.7 Å². The molecule has 43 heavy (non-hydrogen) atoms. The van der Waals surface area contributed by atoms with Crippen LogP contribution in [-0.4, -0.2) is 89.6 Å². The Hall–Kier alpha value is -4.84. The highest BCUT2D eigenvalue weighted by Crippen LogP contribution is 2.14. The van der Waals surface area contributed by atoms with Gasteiger partial charge in [0, 0.05) is 59.1 Å². The van der Waals surface area contributed by atoms with E-state index in [4.69, 9.17) is 30.8 Å². The molecule has 4 aromatic heterocycles. The molecule has 0 bridgehead atoms. The molecule has 0 aliphatic heterocycles. The molecule has 7 N–H and O–H groups in total. The third kappa shape index (κ3) is 9.33. The van der Waals surface area contributed by atoms with Crippen LogP contribution >= 0.6 is 0 Å². The van der Waals surface area contributed by atoms with Gasteiger partial charge in [-0.05, 0) is 12.8 Å². The number of carbonyl (C=O) groups is 2. The van der Waals surface area contributed by atoms with Crippen molar-refractivity contribution in [3.05, 3.63) is 33.4 Å². The minimum atomic E-state index is -0.407. The molecule has 18 heteroatoms. The molecular weight excluding hydrogens is 568 g/mol. The molecule has 0 aliphatic carbocycles. The number of aromatic amines is 2. The van der Waals surface area contributed by atoms with Crippen molar-refractivity contribution in [3.8, 4) is 0 Å². The van der Waals surface area contributed by atoms with Crippen LogP contribution in [0, 0.1) is 11.8 Å². The predicted octanol–water partition coefficient (Wildman–Crippen LogP) is -0.819. The smallest absolute Gasteiger partial charge is 0.302 e. The predicted molar refractivity (Wildman–Crippen MR) is 154 cm³/mol. The highest BCUT2D eigenvalue weighted by Gasteiger charge is 2.17. The van der Waals surface area contributed by atoms with E-state index in [1.54, 1.807) is 16.2 Å². The zero-order chi connectivity index (χ0) is 31.5. The highest BCUT2D eigenvalue weighted by atomic mass is 16.5. The number of nitrogen functional groups attached to an aromatic ring is 2. The molecule has 0 fully saturated rings. The van der Waals surface area contributed by atoms with E-state index in [1.165, 1.54) is 26.5 Å². The molecule has 0 saturated carbocycles. The average molecular weight is 605 g/mol. The van der Waals surface area contributed by atoms with Crippen LogP contribution in [-0.2, 0) is 36.9 Å². The number of rotatable bonds is 13. The first-order valence-electron chi connectivity index (χ1n) is 13.3. The number of hydrogen-bond acceptors (Lipinski definition) is 14. The van der Waals surface area contributed by atoms with Crippen molar-refractivity contribution in [1.29, 1.82) is 0 Å². The van der Waals surface area contributed by atoms with Gasteiger partial charge in [-0.15, -0.1) is 0 Å². The van der Waals surface area contributed by atoms with Crippen LogP contribution in [0.4, 0.5) is 11.9 Å². The normalized spacial score (nSPS) is 12.5. The Morgan fingerprint density at radius 2 is 1.30 bits per heavy atom. The number of esters is 2. The number of aliphatic hydroxyl groups excluding tert-OH is 1. The average Bonchev–Trinajstić information content (AvgIpc) is 3.53. The second-order valence-corrected chi connectivity index (χ2v) is 9.67. The molecule has 2 atom stereocenters. The van der Waals surface area contributed by atoms with Crippen molar-refractivity contribution in [2.24, 2.45) is 11.8 Å². The zero-order valence-electron chi connectivity index (χ0n) is 24.1. The third-order valence-electron chi connectivity index (χ3n) is 6.21. The Bertz CT molecular complexity index is 1640. The SMILES string of the molecule is CC(=O)OC[C@H](CCO)Cn1cnc2c(=O)[nH]c(N)nc21.COCC[C@@H](COC(C)=O)Cn1cnc2c(=O)[nH]c(N)nc21. The van der Waals surface area contributed by atoms with E-state index in [2.05, 4.69) is 29.9 Å². The quantitative estimate of drug-likeness (QED) is 0.117. The molecule has 0 aliphatic rings. The number of fused-ring (bicyclic) bond motifs is 2. The second kappa shape index (κ2) is 15.4. The van der Waals surface area contributed by atoms with E-state index in [9.17, 15) is 19.2 Å². The summed E-state index contributed by atoms with van der Waals surface area (Å²) in [6, 6.07) is 0. The zero-order valence-corrected chi connectivity index (χ0v) is 24.1. The maximum atomic E-state index is 11.7. The van der Waals surface area contributed by atoms with Crippen LogP contribution in [0.3, 0.4) is 0 Å². The number of nitrogens with zero attached hydrogens (tertiary/aromatic N) is 6. The van der Waals surface area contributed by atoms with Crippen molar-refractivity contribution in [2.45, 2.75) is 39.8 Å². The number of nitrogens with one attached hydrogen (secondary N) is 2. The Morgan fingerprint density at radius 3 is 1.70 bits per heavy atom. The summed E-state index contributed by atoms with van der Waals surface area (Å²) in [4.78, 5) is 66.3. The van der Waals surface area contributed by atoms with E-state index in [1.807, 2.05) is 0 Å². The number of nitrogens with two attached hydrogens (primary N) is 2. The topological polar surface area (TPSA) is 261 Å². The Kier molecular flexibility index (Phi) is 11.7. The van der Waals surface area contributed by atoms with E-state index in [0.29, 0.717) is 43.8 Å². The lowest BCUT2D eigenvalue weighted by Crippen LogP contribution is -2.20. The number of aromatic nitrogens is 8. The van der Waals surface area contributed by atoms with Gasteiger partial charge in [0.15, 0.2) is 22.3 Å². The van der Waals surface area contributed by atoms with Gasteiger partial charge in [-0.25, -0.2) is 9.97 Å². The fourth-order valence-electron chi connectivity index (χ4n) is 4.16. The summed E-state index contributed by atoms with van der Waals surface area (Å²) in [6.07, 6.45) is 4.15. The van der Waals surface area contributed by atoms with Gasteiger partial charge in [0.05, 0.1) is 25.9 Å². The molecule has 18 nitrogen and oxygen atoms in total. The molecule has 234 valence electrons. The first-order valence-corrected chi connectivity index (χ1v) is 13.3. The molecular formula is C25H36N10O8. The molecule has 0 saturated heterocycles. The highest BCUT2D eigenvalue weighted by molar-refractivity contribution is 5.71. The Morgan fingerprint density at radius 1 is 0.860 bits per heavy atom. The van der Waals surface area contributed by atoms with E-state index >= 15 is 0 Å². The fourth-order valence-corrected chi connectivity index (χ4v) is 4.16.